The van der Waals surface area contributed by atoms with Crippen molar-refractivity contribution in [1.29, 1.82) is 0 Å². The second-order valence-corrected chi connectivity index (χ2v) is 12.6. The number of aryl methyl sites for hydroxylation is 1. The third-order valence-corrected chi connectivity index (χ3v) is 9.79. The number of aliphatic hydroxyl groups excluding tert-OH is 1. The van der Waals surface area contributed by atoms with Crippen LogP contribution in [0.3, 0.4) is 0 Å². The number of nitrogens with zero attached hydrogens (tertiary/aromatic N) is 5. The van der Waals surface area contributed by atoms with Gasteiger partial charge in [0.2, 0.25) is 10.0 Å². The number of aromatic amines is 1. The monoisotopic (exact) mass is 588 g/mol. The molecule has 2 aromatic heterocycles. The Labute approximate surface area is 242 Å². The van der Waals surface area contributed by atoms with E-state index in [0.29, 0.717) is 74.2 Å². The van der Waals surface area contributed by atoms with E-state index in [4.69, 9.17) is 14.8 Å². The van der Waals surface area contributed by atoms with Crippen LogP contribution in [-0.2, 0) is 16.4 Å². The lowest BCUT2D eigenvalue weighted by molar-refractivity contribution is 0.151. The van der Waals surface area contributed by atoms with Crippen molar-refractivity contribution >= 4 is 15.5 Å². The molecule has 4 rings (SSSR count). The Balaban J connectivity index is 1.73. The van der Waals surface area contributed by atoms with Crippen molar-refractivity contribution in [1.82, 2.24) is 28.8 Å². The number of ether oxygens (including phenoxy) is 1. The molecule has 1 saturated heterocycles. The molecule has 2 N–H and O–H groups in total. The summed E-state index contributed by atoms with van der Waals surface area (Å²) in [6, 6.07) is 4.70. The largest absolute Gasteiger partial charge is 0.493 e. The molecule has 1 aromatic carbocycles. The topological polar surface area (TPSA) is 133 Å². The van der Waals surface area contributed by atoms with Crippen LogP contribution in [0.25, 0.3) is 16.9 Å². The highest BCUT2D eigenvalue weighted by atomic mass is 32.2. The van der Waals surface area contributed by atoms with Gasteiger partial charge >= 0.3 is 0 Å². The van der Waals surface area contributed by atoms with E-state index in [1.165, 1.54) is 29.3 Å². The standard InChI is InChI=1S/C29H44N6O5S/c1-5-8-9-10-22(6-2)19-26-30-21(4)27-29(37)31-28(32-35(26)27)24-20-23(11-12-25(24)40-7-3)41(38,39)34-15-13-33(14-16-34)17-18-36/h11-12,20,22,36H,5-10,13-19H2,1-4H3,(H,31,32,37). The maximum atomic E-state index is 13.6. The highest BCUT2D eigenvalue weighted by Gasteiger charge is 2.29. The summed E-state index contributed by atoms with van der Waals surface area (Å²) in [7, 11) is -3.80. The zero-order valence-corrected chi connectivity index (χ0v) is 25.5. The molecule has 11 nitrogen and oxygen atoms in total. The lowest BCUT2D eigenvalue weighted by Crippen LogP contribution is -2.49. The second kappa shape index (κ2) is 13.9. The molecule has 0 bridgehead atoms. The van der Waals surface area contributed by atoms with E-state index in [1.807, 2.05) is 18.7 Å². The molecule has 0 aliphatic carbocycles. The van der Waals surface area contributed by atoms with Gasteiger partial charge in [-0.1, -0.05) is 46.0 Å². The number of hydrogen-bond acceptors (Lipinski definition) is 8. The van der Waals surface area contributed by atoms with Gasteiger partial charge in [-0.05, 0) is 38.0 Å². The Morgan fingerprint density at radius 1 is 1.12 bits per heavy atom. The number of piperazine rings is 1. The van der Waals surface area contributed by atoms with Crippen molar-refractivity contribution in [2.75, 3.05) is 45.9 Å². The summed E-state index contributed by atoms with van der Waals surface area (Å²) in [6.07, 6.45) is 6.33. The molecule has 41 heavy (non-hydrogen) atoms. The molecule has 0 spiro atoms. The van der Waals surface area contributed by atoms with Gasteiger partial charge in [0, 0.05) is 39.1 Å². The molecule has 1 fully saturated rings. The molecule has 0 amide bonds. The van der Waals surface area contributed by atoms with Crippen molar-refractivity contribution in [2.24, 2.45) is 5.92 Å². The van der Waals surface area contributed by atoms with Crippen LogP contribution >= 0.6 is 0 Å². The van der Waals surface area contributed by atoms with Crippen molar-refractivity contribution in [3.05, 3.63) is 40.1 Å². The molecule has 3 aromatic rings. The minimum absolute atomic E-state index is 0.0423. The Hall–Kier alpha value is -2.80. The van der Waals surface area contributed by atoms with Crippen LogP contribution in [0, 0.1) is 12.8 Å². The Bertz CT molecular complexity index is 1480. The fourth-order valence-electron chi connectivity index (χ4n) is 5.50. The van der Waals surface area contributed by atoms with Crippen LogP contribution in [0.2, 0.25) is 0 Å². The predicted molar refractivity (Wildman–Crippen MR) is 159 cm³/mol. The molecule has 1 atom stereocenters. The number of sulfonamides is 1. The lowest BCUT2D eigenvalue weighted by atomic mass is 9.95. The number of benzene rings is 1. The average Bonchev–Trinajstić information content (AvgIpc) is 3.28. The molecule has 12 heteroatoms. The molecule has 226 valence electrons. The van der Waals surface area contributed by atoms with E-state index in [-0.39, 0.29) is 22.9 Å². The summed E-state index contributed by atoms with van der Waals surface area (Å²) in [5.41, 5.74) is 1.08. The first-order valence-corrected chi connectivity index (χ1v) is 16.3. The highest BCUT2D eigenvalue weighted by Crippen LogP contribution is 2.32. The van der Waals surface area contributed by atoms with Gasteiger partial charge in [0.15, 0.2) is 11.3 Å². The van der Waals surface area contributed by atoms with Crippen LogP contribution in [-0.4, -0.2) is 88.2 Å². The van der Waals surface area contributed by atoms with Crippen molar-refractivity contribution < 1.29 is 18.3 Å². The first-order chi connectivity index (χ1) is 19.7. The second-order valence-electron chi connectivity index (χ2n) is 10.7. The van der Waals surface area contributed by atoms with Gasteiger partial charge in [-0.3, -0.25) is 9.69 Å². The molecule has 0 saturated carbocycles. The summed E-state index contributed by atoms with van der Waals surface area (Å²) in [5, 5.41) is 14.0. The normalized spacial score (nSPS) is 15.9. The summed E-state index contributed by atoms with van der Waals surface area (Å²) >= 11 is 0. The lowest BCUT2D eigenvalue weighted by Gasteiger charge is -2.33. The van der Waals surface area contributed by atoms with Gasteiger partial charge in [0.05, 0.1) is 29.4 Å². The van der Waals surface area contributed by atoms with Crippen LogP contribution in [0.5, 0.6) is 5.75 Å². The van der Waals surface area contributed by atoms with Gasteiger partial charge in [-0.25, -0.2) is 17.9 Å². The first kappa shape index (κ1) is 31.1. The SMILES string of the molecule is CCCCCC(CC)Cc1nc(C)c2c(=O)[nH]c(-c3cc(S(=O)(=O)N4CCN(CCO)CC4)ccc3OCC)nn12. The zero-order valence-electron chi connectivity index (χ0n) is 24.7. The van der Waals surface area contributed by atoms with Gasteiger partial charge in [-0.15, -0.1) is 5.10 Å². The third-order valence-electron chi connectivity index (χ3n) is 7.90. The minimum Gasteiger partial charge on any atom is -0.493 e. The number of fused-ring (bicyclic) bond motifs is 1. The predicted octanol–water partition coefficient (Wildman–Crippen LogP) is 3.24. The van der Waals surface area contributed by atoms with Crippen LogP contribution < -0.4 is 10.3 Å². The number of aromatic nitrogens is 4. The molecule has 3 heterocycles. The average molecular weight is 589 g/mol. The maximum Gasteiger partial charge on any atom is 0.277 e. The quantitative estimate of drug-likeness (QED) is 0.274. The van der Waals surface area contributed by atoms with Gasteiger partial charge in [0.25, 0.3) is 5.56 Å². The number of imidazole rings is 1. The Kier molecular flexibility index (Phi) is 10.6. The van der Waals surface area contributed by atoms with E-state index in [2.05, 4.69) is 18.8 Å². The van der Waals surface area contributed by atoms with Crippen molar-refractivity contribution in [2.45, 2.75) is 71.1 Å². The zero-order chi connectivity index (χ0) is 29.6. The van der Waals surface area contributed by atoms with Crippen LogP contribution in [0.1, 0.15) is 64.4 Å². The summed E-state index contributed by atoms with van der Waals surface area (Å²) < 4.78 is 36.2. The molecule has 1 aliphatic heterocycles. The number of H-pyrrole nitrogens is 1. The fraction of sp³-hybridized carbons (Fsp3) is 0.621. The van der Waals surface area contributed by atoms with Gasteiger partial charge in [0.1, 0.15) is 11.6 Å². The first-order valence-electron chi connectivity index (χ1n) is 14.8. The Morgan fingerprint density at radius 3 is 2.54 bits per heavy atom. The van der Waals surface area contributed by atoms with Gasteiger partial charge in [-0.2, -0.15) is 4.31 Å². The number of β-amino-alcohol motifs (C(OH)–C–C–N with tert-alkyl or cyclic N) is 1. The molecule has 1 unspecified atom stereocenters. The number of unbranched alkanes of at least 4 members (excludes halogenated alkanes) is 2. The van der Waals surface area contributed by atoms with E-state index in [9.17, 15) is 18.3 Å². The number of nitrogens with one attached hydrogen (secondary N) is 1. The molecular weight excluding hydrogens is 544 g/mol. The molecule has 1 aliphatic rings. The summed E-state index contributed by atoms with van der Waals surface area (Å²) in [6.45, 7) is 10.7. The number of hydrogen-bond donors (Lipinski definition) is 2. The summed E-state index contributed by atoms with van der Waals surface area (Å²) in [4.78, 5) is 23.0. The smallest absolute Gasteiger partial charge is 0.277 e. The van der Waals surface area contributed by atoms with E-state index in [1.54, 1.807) is 10.6 Å². The maximum absolute atomic E-state index is 13.6. The molecule has 0 radical (unpaired) electrons. The summed E-state index contributed by atoms with van der Waals surface area (Å²) in [5.74, 6) is 1.83. The van der Waals surface area contributed by atoms with Crippen LogP contribution in [0.15, 0.2) is 27.9 Å². The van der Waals surface area contributed by atoms with E-state index in [0.717, 1.165) is 25.1 Å². The van der Waals surface area contributed by atoms with Crippen molar-refractivity contribution in [3.63, 3.8) is 0 Å². The Morgan fingerprint density at radius 2 is 1.88 bits per heavy atom. The van der Waals surface area contributed by atoms with E-state index < -0.39 is 10.0 Å². The number of aliphatic hydroxyl groups is 1. The highest BCUT2D eigenvalue weighted by molar-refractivity contribution is 7.89. The van der Waals surface area contributed by atoms with Crippen LogP contribution in [0.4, 0.5) is 0 Å². The molecular formula is C29H44N6O5S. The fourth-order valence-corrected chi connectivity index (χ4v) is 6.95. The van der Waals surface area contributed by atoms with Crippen molar-refractivity contribution in [3.8, 4) is 17.1 Å². The third kappa shape index (κ3) is 6.99. The minimum atomic E-state index is -3.80. The van der Waals surface area contributed by atoms with Gasteiger partial charge < -0.3 is 14.8 Å². The number of rotatable bonds is 14. The van der Waals surface area contributed by atoms with E-state index >= 15 is 0 Å².